The number of carbonyl (C=O) groups is 1. The molecule has 3 aromatic heterocycles. The maximum atomic E-state index is 12.1. The lowest BCUT2D eigenvalue weighted by Crippen LogP contribution is -2.11. The van der Waals surface area contributed by atoms with Gasteiger partial charge in [-0.05, 0) is 47.0 Å². The topological polar surface area (TPSA) is 68.5 Å². The molecule has 4 rings (SSSR count). The molecular formula is C19H18N4O2S2. The van der Waals surface area contributed by atoms with E-state index in [9.17, 15) is 4.79 Å². The lowest BCUT2D eigenvalue weighted by Gasteiger charge is -2.13. The Morgan fingerprint density at radius 2 is 1.96 bits per heavy atom. The maximum absolute atomic E-state index is 12.1. The van der Waals surface area contributed by atoms with Gasteiger partial charge in [-0.2, -0.15) is 0 Å². The molecular weight excluding hydrogens is 380 g/mol. The Morgan fingerprint density at radius 3 is 2.59 bits per heavy atom. The highest BCUT2D eigenvalue weighted by molar-refractivity contribution is 7.18. The minimum atomic E-state index is -0.116. The van der Waals surface area contributed by atoms with Crippen molar-refractivity contribution in [2.75, 3.05) is 5.32 Å². The van der Waals surface area contributed by atoms with Crippen molar-refractivity contribution in [1.82, 2.24) is 14.6 Å². The van der Waals surface area contributed by atoms with Gasteiger partial charge in [0.15, 0.2) is 0 Å². The number of nitrogens with zero attached hydrogens (tertiary/aromatic N) is 3. The molecule has 0 aliphatic carbocycles. The molecule has 0 fully saturated rings. The molecule has 0 unspecified atom stereocenters. The van der Waals surface area contributed by atoms with Gasteiger partial charge in [-0.1, -0.05) is 26.8 Å². The fourth-order valence-electron chi connectivity index (χ4n) is 2.39. The number of thiophene rings is 1. The first kappa shape index (κ1) is 17.7. The molecule has 0 aliphatic rings. The van der Waals surface area contributed by atoms with Crippen LogP contribution >= 0.6 is 22.7 Å². The van der Waals surface area contributed by atoms with E-state index in [-0.39, 0.29) is 11.3 Å². The lowest BCUT2D eigenvalue weighted by atomic mass is 9.93. The smallest absolute Gasteiger partial charge is 0.299 e. The fourth-order valence-corrected chi connectivity index (χ4v) is 3.76. The van der Waals surface area contributed by atoms with Gasteiger partial charge in [-0.15, -0.1) is 16.4 Å². The van der Waals surface area contributed by atoms with E-state index in [1.54, 1.807) is 34.8 Å². The number of amides is 1. The number of nitrogens with one attached hydrogen (secondary N) is 1. The summed E-state index contributed by atoms with van der Waals surface area (Å²) in [6.45, 7) is 6.36. The van der Waals surface area contributed by atoms with Gasteiger partial charge >= 0.3 is 0 Å². The van der Waals surface area contributed by atoms with Crippen LogP contribution in [0.15, 0.2) is 48.0 Å². The van der Waals surface area contributed by atoms with Crippen molar-refractivity contribution in [2.45, 2.75) is 26.2 Å². The minimum absolute atomic E-state index is 0.0161. The van der Waals surface area contributed by atoms with Crippen molar-refractivity contribution in [3.8, 4) is 10.9 Å². The summed E-state index contributed by atoms with van der Waals surface area (Å²) in [6, 6.07) is 10.9. The molecule has 0 atom stereocenters. The van der Waals surface area contributed by atoms with Crippen molar-refractivity contribution in [2.24, 2.45) is 0 Å². The van der Waals surface area contributed by atoms with Gasteiger partial charge in [-0.3, -0.25) is 4.79 Å². The first-order valence-electron chi connectivity index (χ1n) is 8.38. The number of fused-ring (bicyclic) bond motifs is 1. The van der Waals surface area contributed by atoms with Crippen LogP contribution in [0, 0.1) is 0 Å². The molecule has 1 N–H and O–H groups in total. The number of carbonyl (C=O) groups excluding carboxylic acids is 1. The highest BCUT2D eigenvalue weighted by atomic mass is 32.1. The lowest BCUT2D eigenvalue weighted by molar-refractivity contribution is 0.103. The molecule has 8 heteroatoms. The van der Waals surface area contributed by atoms with E-state index in [2.05, 4.69) is 36.2 Å². The average Bonchev–Trinajstić information content (AvgIpc) is 3.31. The predicted molar refractivity (Wildman–Crippen MR) is 108 cm³/mol. The minimum Gasteiger partial charge on any atom is -0.430 e. The second-order valence-corrected chi connectivity index (χ2v) is 8.90. The van der Waals surface area contributed by atoms with Crippen LogP contribution < -0.4 is 10.1 Å². The van der Waals surface area contributed by atoms with E-state index in [0.29, 0.717) is 21.5 Å². The van der Waals surface area contributed by atoms with E-state index >= 15 is 0 Å². The number of benzene rings is 1. The Hall–Kier alpha value is -2.71. The summed E-state index contributed by atoms with van der Waals surface area (Å²) in [5.41, 5.74) is 1.70. The van der Waals surface area contributed by atoms with E-state index in [1.807, 2.05) is 17.6 Å². The summed E-state index contributed by atoms with van der Waals surface area (Å²) in [4.78, 5) is 18.2. The van der Waals surface area contributed by atoms with Gasteiger partial charge in [0.1, 0.15) is 5.75 Å². The highest BCUT2D eigenvalue weighted by Crippen LogP contribution is 2.30. The highest BCUT2D eigenvalue weighted by Gasteiger charge is 2.19. The van der Waals surface area contributed by atoms with Crippen molar-refractivity contribution in [3.05, 3.63) is 58.5 Å². The molecule has 0 saturated heterocycles. The number of imidazole rings is 1. The Balaban J connectivity index is 1.44. The van der Waals surface area contributed by atoms with E-state index in [1.165, 1.54) is 22.7 Å². The molecule has 27 heavy (non-hydrogen) atoms. The molecule has 0 radical (unpaired) electrons. The Labute approximate surface area is 164 Å². The van der Waals surface area contributed by atoms with Crippen molar-refractivity contribution >= 4 is 39.2 Å². The van der Waals surface area contributed by atoms with Crippen LogP contribution in [-0.2, 0) is 5.41 Å². The Morgan fingerprint density at radius 1 is 1.19 bits per heavy atom. The van der Waals surface area contributed by atoms with Crippen LogP contribution in [-0.4, -0.2) is 20.5 Å². The van der Waals surface area contributed by atoms with Gasteiger partial charge in [0.2, 0.25) is 4.96 Å². The monoisotopic (exact) mass is 398 g/mol. The van der Waals surface area contributed by atoms with Crippen LogP contribution in [0.25, 0.3) is 4.96 Å². The molecule has 1 amide bonds. The Bertz CT molecular complexity index is 1040. The SMILES string of the molecule is CC(C)(C)c1cn2nc(Oc3ccc(NC(=O)c4cccs4)cc3)sc2n1. The van der Waals surface area contributed by atoms with Crippen LogP contribution in [0.1, 0.15) is 36.1 Å². The number of hydrogen-bond acceptors (Lipinski definition) is 6. The standard InChI is InChI=1S/C19H18N4O2S2/c1-19(2,3)15-11-23-17(21-15)27-18(22-23)25-13-8-6-12(7-9-13)20-16(24)14-5-4-10-26-14/h4-11H,1-3H3,(H,20,24). The van der Waals surface area contributed by atoms with Crippen LogP contribution in [0.5, 0.6) is 10.9 Å². The zero-order valence-electron chi connectivity index (χ0n) is 15.1. The molecule has 0 bridgehead atoms. The van der Waals surface area contributed by atoms with Gasteiger partial charge in [0, 0.05) is 11.1 Å². The molecule has 138 valence electrons. The summed E-state index contributed by atoms with van der Waals surface area (Å²) in [5.74, 6) is 0.534. The summed E-state index contributed by atoms with van der Waals surface area (Å²) in [5, 5.41) is 9.69. The van der Waals surface area contributed by atoms with Crippen LogP contribution in [0.3, 0.4) is 0 Å². The summed E-state index contributed by atoms with van der Waals surface area (Å²) >= 11 is 2.80. The molecule has 6 nitrogen and oxygen atoms in total. The summed E-state index contributed by atoms with van der Waals surface area (Å²) < 4.78 is 7.56. The normalized spacial score (nSPS) is 11.7. The van der Waals surface area contributed by atoms with Gasteiger partial charge in [0.25, 0.3) is 11.1 Å². The summed E-state index contributed by atoms with van der Waals surface area (Å²) in [7, 11) is 0. The van der Waals surface area contributed by atoms with Crippen molar-refractivity contribution in [3.63, 3.8) is 0 Å². The largest absolute Gasteiger partial charge is 0.430 e. The molecule has 1 aromatic carbocycles. The third-order valence-corrected chi connectivity index (χ3v) is 5.52. The van der Waals surface area contributed by atoms with Gasteiger partial charge in [0.05, 0.1) is 16.8 Å². The van der Waals surface area contributed by atoms with Crippen molar-refractivity contribution in [1.29, 1.82) is 0 Å². The first-order chi connectivity index (χ1) is 12.9. The third kappa shape index (κ3) is 3.86. The molecule has 0 spiro atoms. The Kier molecular flexibility index (Phi) is 4.45. The van der Waals surface area contributed by atoms with Crippen LogP contribution in [0.4, 0.5) is 5.69 Å². The van der Waals surface area contributed by atoms with Gasteiger partial charge in [-0.25, -0.2) is 9.50 Å². The number of aromatic nitrogens is 3. The third-order valence-electron chi connectivity index (χ3n) is 3.86. The van der Waals surface area contributed by atoms with Gasteiger partial charge < -0.3 is 10.1 Å². The number of rotatable bonds is 4. The molecule has 0 saturated carbocycles. The summed E-state index contributed by atoms with van der Waals surface area (Å²) in [6.07, 6.45) is 1.93. The zero-order chi connectivity index (χ0) is 19.0. The fraction of sp³-hybridized carbons (Fsp3) is 0.211. The number of hydrogen-bond donors (Lipinski definition) is 1. The van der Waals surface area contributed by atoms with Crippen molar-refractivity contribution < 1.29 is 9.53 Å². The predicted octanol–water partition coefficient (Wildman–Crippen LogP) is 5.19. The molecule has 4 aromatic rings. The van der Waals surface area contributed by atoms with Crippen LogP contribution in [0.2, 0.25) is 0 Å². The second kappa shape index (κ2) is 6.79. The maximum Gasteiger partial charge on any atom is 0.299 e. The number of anilines is 1. The van der Waals surface area contributed by atoms with E-state index in [4.69, 9.17) is 4.74 Å². The van der Waals surface area contributed by atoms with E-state index in [0.717, 1.165) is 10.7 Å². The molecule has 0 aliphatic heterocycles. The molecule has 3 heterocycles. The zero-order valence-corrected chi connectivity index (χ0v) is 16.7. The second-order valence-electron chi connectivity index (χ2n) is 7.03. The first-order valence-corrected chi connectivity index (χ1v) is 10.1. The quantitative estimate of drug-likeness (QED) is 0.513. The average molecular weight is 399 g/mol. The van der Waals surface area contributed by atoms with E-state index < -0.39 is 0 Å². The number of ether oxygens (including phenoxy) is 1.